The summed E-state index contributed by atoms with van der Waals surface area (Å²) in [6, 6.07) is 4.43. The van der Waals surface area contributed by atoms with E-state index < -0.39 is 6.03 Å². The number of urea groups is 1. The van der Waals surface area contributed by atoms with Gasteiger partial charge in [-0.15, -0.1) is 0 Å². The molecule has 0 spiro atoms. The van der Waals surface area contributed by atoms with Crippen molar-refractivity contribution in [2.24, 2.45) is 5.73 Å². The molecule has 0 aliphatic heterocycles. The summed E-state index contributed by atoms with van der Waals surface area (Å²) in [5, 5.41) is 0.861. The van der Waals surface area contributed by atoms with Crippen LogP contribution in [-0.2, 0) is 0 Å². The molecule has 0 saturated heterocycles. The number of rotatable bonds is 2. The number of halogens is 2. The first-order valence-electron chi connectivity index (χ1n) is 4.08. The van der Waals surface area contributed by atoms with E-state index in [1.165, 1.54) is 4.90 Å². The van der Waals surface area contributed by atoms with Crippen LogP contribution in [0.5, 0.6) is 0 Å². The highest BCUT2D eigenvalue weighted by Crippen LogP contribution is 2.26. The third kappa shape index (κ3) is 2.30. The first-order valence-corrected chi connectivity index (χ1v) is 4.84. The van der Waals surface area contributed by atoms with Crippen LogP contribution in [0.25, 0.3) is 0 Å². The van der Waals surface area contributed by atoms with Crippen LogP contribution < -0.4 is 10.6 Å². The van der Waals surface area contributed by atoms with Gasteiger partial charge in [-0.25, -0.2) is 4.79 Å². The van der Waals surface area contributed by atoms with Crippen molar-refractivity contribution >= 4 is 34.9 Å². The number of anilines is 1. The summed E-state index contributed by atoms with van der Waals surface area (Å²) in [6.45, 7) is 2.32. The molecule has 1 aromatic rings. The summed E-state index contributed by atoms with van der Waals surface area (Å²) < 4.78 is 0. The van der Waals surface area contributed by atoms with Gasteiger partial charge in [0.25, 0.3) is 0 Å². The van der Waals surface area contributed by atoms with Gasteiger partial charge in [-0.3, -0.25) is 4.90 Å². The van der Waals surface area contributed by atoms with Crippen LogP contribution >= 0.6 is 23.2 Å². The van der Waals surface area contributed by atoms with Crippen molar-refractivity contribution < 1.29 is 4.79 Å². The van der Waals surface area contributed by atoms with Gasteiger partial charge in [-0.05, 0) is 25.1 Å². The lowest BCUT2D eigenvalue weighted by atomic mass is 10.3. The lowest BCUT2D eigenvalue weighted by molar-refractivity contribution is 0.254. The Morgan fingerprint density at radius 2 is 2.07 bits per heavy atom. The maximum Gasteiger partial charge on any atom is 0.319 e. The summed E-state index contributed by atoms with van der Waals surface area (Å²) in [4.78, 5) is 12.4. The number of primary amides is 1. The highest BCUT2D eigenvalue weighted by molar-refractivity contribution is 6.42. The number of nitrogens with two attached hydrogens (primary N) is 1. The van der Waals surface area contributed by atoms with Gasteiger partial charge in [0.15, 0.2) is 0 Å². The van der Waals surface area contributed by atoms with Gasteiger partial charge in [0.05, 0.1) is 10.0 Å². The molecule has 14 heavy (non-hydrogen) atoms. The number of carbonyl (C=O) groups is 1. The molecule has 2 N–H and O–H groups in total. The second-order valence-electron chi connectivity index (χ2n) is 2.68. The summed E-state index contributed by atoms with van der Waals surface area (Å²) in [7, 11) is 0. The Labute approximate surface area is 92.4 Å². The maximum absolute atomic E-state index is 11.0. The molecule has 1 rings (SSSR count). The van der Waals surface area contributed by atoms with Crippen molar-refractivity contribution in [2.75, 3.05) is 11.4 Å². The Bertz CT molecular complexity index is 355. The van der Waals surface area contributed by atoms with Gasteiger partial charge in [-0.2, -0.15) is 0 Å². The van der Waals surface area contributed by atoms with Crippen molar-refractivity contribution in [1.82, 2.24) is 0 Å². The number of nitrogens with zero attached hydrogens (tertiary/aromatic N) is 1. The van der Waals surface area contributed by atoms with E-state index in [9.17, 15) is 4.79 Å². The maximum atomic E-state index is 11.0. The lowest BCUT2D eigenvalue weighted by Gasteiger charge is -2.18. The predicted octanol–water partition coefficient (Wildman–Crippen LogP) is 2.90. The first-order chi connectivity index (χ1) is 6.56. The number of hydrogen-bond acceptors (Lipinski definition) is 1. The molecule has 0 atom stereocenters. The summed E-state index contributed by atoms with van der Waals surface area (Å²) in [5.41, 5.74) is 5.83. The molecular formula is C9H10Cl2N2O. The first kappa shape index (κ1) is 11.1. The zero-order chi connectivity index (χ0) is 10.7. The van der Waals surface area contributed by atoms with Crippen molar-refractivity contribution in [3.8, 4) is 0 Å². The molecule has 2 amide bonds. The second-order valence-corrected chi connectivity index (χ2v) is 3.50. The normalized spacial score (nSPS) is 9.93. The van der Waals surface area contributed by atoms with Crippen LogP contribution in [0.3, 0.4) is 0 Å². The molecule has 0 bridgehead atoms. The summed E-state index contributed by atoms with van der Waals surface area (Å²) in [5.74, 6) is 0. The quantitative estimate of drug-likeness (QED) is 0.838. The zero-order valence-electron chi connectivity index (χ0n) is 7.63. The van der Waals surface area contributed by atoms with E-state index in [1.807, 2.05) is 6.92 Å². The van der Waals surface area contributed by atoms with Crippen LogP contribution in [0.1, 0.15) is 6.92 Å². The highest BCUT2D eigenvalue weighted by Gasteiger charge is 2.10. The van der Waals surface area contributed by atoms with Crippen LogP contribution in [0.4, 0.5) is 10.5 Å². The fourth-order valence-corrected chi connectivity index (χ4v) is 1.41. The second kappa shape index (κ2) is 4.53. The zero-order valence-corrected chi connectivity index (χ0v) is 9.14. The van der Waals surface area contributed by atoms with E-state index in [0.29, 0.717) is 22.3 Å². The van der Waals surface area contributed by atoms with Crippen LogP contribution in [0, 0.1) is 0 Å². The SMILES string of the molecule is CCN(C(N)=O)c1ccc(Cl)c(Cl)c1. The van der Waals surface area contributed by atoms with E-state index in [-0.39, 0.29) is 0 Å². The molecule has 0 heterocycles. The molecular weight excluding hydrogens is 223 g/mol. The average Bonchev–Trinajstić information content (AvgIpc) is 2.11. The Hall–Kier alpha value is -0.930. The summed E-state index contributed by atoms with van der Waals surface area (Å²) in [6.07, 6.45) is 0. The number of carbonyl (C=O) groups excluding carboxylic acids is 1. The van der Waals surface area contributed by atoms with E-state index in [0.717, 1.165) is 0 Å². The largest absolute Gasteiger partial charge is 0.351 e. The molecule has 0 unspecified atom stereocenters. The molecule has 0 aromatic heterocycles. The van der Waals surface area contributed by atoms with Crippen molar-refractivity contribution in [3.63, 3.8) is 0 Å². The van der Waals surface area contributed by atoms with Gasteiger partial charge in [0, 0.05) is 12.2 Å². The molecule has 0 radical (unpaired) electrons. The Kier molecular flexibility index (Phi) is 3.61. The van der Waals surface area contributed by atoms with Crippen molar-refractivity contribution in [3.05, 3.63) is 28.2 Å². The molecule has 0 saturated carbocycles. The Balaban J connectivity index is 3.06. The summed E-state index contributed by atoms with van der Waals surface area (Å²) >= 11 is 11.6. The van der Waals surface area contributed by atoms with Crippen LogP contribution in [0.2, 0.25) is 10.0 Å². The molecule has 3 nitrogen and oxygen atoms in total. The van der Waals surface area contributed by atoms with Gasteiger partial charge in [0.1, 0.15) is 0 Å². The Morgan fingerprint density at radius 3 is 2.50 bits per heavy atom. The third-order valence-corrected chi connectivity index (χ3v) is 2.54. The lowest BCUT2D eigenvalue weighted by Crippen LogP contribution is -2.35. The molecule has 5 heteroatoms. The predicted molar refractivity (Wildman–Crippen MR) is 59.1 cm³/mol. The highest BCUT2D eigenvalue weighted by atomic mass is 35.5. The van der Waals surface area contributed by atoms with Crippen LogP contribution in [0.15, 0.2) is 18.2 Å². The number of amides is 2. The minimum Gasteiger partial charge on any atom is -0.351 e. The average molecular weight is 233 g/mol. The molecule has 0 aliphatic rings. The topological polar surface area (TPSA) is 46.3 Å². The third-order valence-electron chi connectivity index (χ3n) is 1.80. The minimum atomic E-state index is -0.508. The monoisotopic (exact) mass is 232 g/mol. The van der Waals surface area contributed by atoms with Gasteiger partial charge in [-0.1, -0.05) is 23.2 Å². The minimum absolute atomic E-state index is 0.406. The van der Waals surface area contributed by atoms with E-state index in [2.05, 4.69) is 0 Å². The standard InChI is InChI=1S/C9H10Cl2N2O/c1-2-13(9(12)14)6-3-4-7(10)8(11)5-6/h3-5H,2H2,1H3,(H2,12,14). The number of hydrogen-bond donors (Lipinski definition) is 1. The fraction of sp³-hybridized carbons (Fsp3) is 0.222. The molecule has 76 valence electrons. The van der Waals surface area contributed by atoms with Crippen molar-refractivity contribution in [2.45, 2.75) is 6.92 Å². The van der Waals surface area contributed by atoms with E-state index in [4.69, 9.17) is 28.9 Å². The molecule has 0 fully saturated rings. The van der Waals surface area contributed by atoms with Gasteiger partial charge in [0.2, 0.25) is 0 Å². The van der Waals surface area contributed by atoms with E-state index in [1.54, 1.807) is 18.2 Å². The Morgan fingerprint density at radius 1 is 1.43 bits per heavy atom. The van der Waals surface area contributed by atoms with Crippen molar-refractivity contribution in [1.29, 1.82) is 0 Å². The van der Waals surface area contributed by atoms with Crippen LogP contribution in [-0.4, -0.2) is 12.6 Å². The molecule has 1 aromatic carbocycles. The molecule has 0 aliphatic carbocycles. The number of benzene rings is 1. The smallest absolute Gasteiger partial charge is 0.319 e. The van der Waals surface area contributed by atoms with E-state index >= 15 is 0 Å². The fourth-order valence-electron chi connectivity index (χ4n) is 1.12. The van der Waals surface area contributed by atoms with Gasteiger partial charge < -0.3 is 5.73 Å². The van der Waals surface area contributed by atoms with Gasteiger partial charge >= 0.3 is 6.03 Å².